The number of nitrogens with zero attached hydrogens (tertiary/aromatic N) is 1. The van der Waals surface area contributed by atoms with Crippen molar-refractivity contribution in [2.24, 2.45) is 0 Å². The summed E-state index contributed by atoms with van der Waals surface area (Å²) < 4.78 is 5.37. The summed E-state index contributed by atoms with van der Waals surface area (Å²) in [5.41, 5.74) is 2.61. The van der Waals surface area contributed by atoms with Gasteiger partial charge in [0, 0.05) is 19.1 Å². The Bertz CT molecular complexity index is 436. The molecule has 0 bridgehead atoms. The quantitative estimate of drug-likeness (QED) is 0.899. The third-order valence-corrected chi connectivity index (χ3v) is 4.03. The summed E-state index contributed by atoms with van der Waals surface area (Å²) in [5, 5.41) is 8.62. The average Bonchev–Trinajstić information content (AvgIpc) is 2.46. The lowest BCUT2D eigenvalue weighted by molar-refractivity contribution is -0.145. The van der Waals surface area contributed by atoms with Crippen molar-refractivity contribution in [3.8, 4) is 0 Å². The lowest BCUT2D eigenvalue weighted by Crippen LogP contribution is -2.39. The molecule has 1 fully saturated rings. The first kappa shape index (κ1) is 15.0. The molecule has 0 aliphatic carbocycles. The molecule has 1 unspecified atom stereocenters. The molecule has 0 spiro atoms. The molecule has 0 saturated carbocycles. The molecule has 1 atom stereocenters. The number of carboxylic acid groups (broad SMARTS) is 1. The lowest BCUT2D eigenvalue weighted by atomic mass is 10.0. The Kier molecular flexibility index (Phi) is 5.15. The fourth-order valence-electron chi connectivity index (χ4n) is 2.67. The van der Waals surface area contributed by atoms with E-state index in [4.69, 9.17) is 9.84 Å². The number of rotatable bonds is 5. The van der Waals surface area contributed by atoms with Gasteiger partial charge < -0.3 is 9.84 Å². The molecule has 1 aromatic rings. The summed E-state index contributed by atoms with van der Waals surface area (Å²) in [6, 6.07) is 9.07. The Morgan fingerprint density at radius 1 is 1.35 bits per heavy atom. The minimum Gasteiger partial charge on any atom is -0.480 e. The van der Waals surface area contributed by atoms with Crippen LogP contribution in [0.3, 0.4) is 0 Å². The van der Waals surface area contributed by atoms with Gasteiger partial charge in [-0.05, 0) is 32.3 Å². The van der Waals surface area contributed by atoms with Crippen molar-refractivity contribution in [2.45, 2.75) is 38.8 Å². The molecule has 2 rings (SSSR count). The second-order valence-electron chi connectivity index (χ2n) is 5.53. The van der Waals surface area contributed by atoms with Crippen LogP contribution in [0.2, 0.25) is 0 Å². The second-order valence-corrected chi connectivity index (χ2v) is 5.53. The minimum atomic E-state index is -0.888. The molecule has 1 heterocycles. The molecule has 0 aromatic heterocycles. The number of hydrogen-bond acceptors (Lipinski definition) is 3. The van der Waals surface area contributed by atoms with Crippen LogP contribution in [-0.4, -0.2) is 41.8 Å². The van der Waals surface area contributed by atoms with E-state index in [0.717, 1.165) is 25.9 Å². The first-order chi connectivity index (χ1) is 9.56. The van der Waals surface area contributed by atoms with Crippen LogP contribution in [-0.2, 0) is 9.53 Å². The Labute approximate surface area is 120 Å². The van der Waals surface area contributed by atoms with Gasteiger partial charge in [-0.15, -0.1) is 0 Å². The Morgan fingerprint density at radius 3 is 2.50 bits per heavy atom. The van der Waals surface area contributed by atoms with E-state index in [-0.39, 0.29) is 12.7 Å². The van der Waals surface area contributed by atoms with Gasteiger partial charge in [0.25, 0.3) is 0 Å². The van der Waals surface area contributed by atoms with E-state index in [9.17, 15) is 4.79 Å². The summed E-state index contributed by atoms with van der Waals surface area (Å²) in [6.07, 6.45) is 1.90. The van der Waals surface area contributed by atoms with E-state index in [1.54, 1.807) is 0 Å². The highest BCUT2D eigenvalue weighted by atomic mass is 16.5. The van der Waals surface area contributed by atoms with Crippen molar-refractivity contribution in [2.75, 3.05) is 19.7 Å². The number of hydrogen-bond donors (Lipinski definition) is 1. The minimum absolute atomic E-state index is 0.0903. The van der Waals surface area contributed by atoms with E-state index in [2.05, 4.69) is 43.0 Å². The normalized spacial score (nSPS) is 18.9. The first-order valence-corrected chi connectivity index (χ1v) is 7.20. The zero-order valence-corrected chi connectivity index (χ0v) is 12.2. The van der Waals surface area contributed by atoms with Crippen molar-refractivity contribution in [3.05, 3.63) is 35.4 Å². The van der Waals surface area contributed by atoms with Crippen LogP contribution >= 0.6 is 0 Å². The molecule has 1 aliphatic heterocycles. The standard InChI is InChI=1S/C16H23NO3/c1-12-3-5-14(6-4-12)13(2)17-9-7-15(8-10-17)20-11-16(18)19/h3-6,13,15H,7-11H2,1-2H3,(H,18,19). The van der Waals surface area contributed by atoms with Crippen LogP contribution in [0.25, 0.3) is 0 Å². The molecule has 1 aromatic carbocycles. The maximum absolute atomic E-state index is 10.5. The van der Waals surface area contributed by atoms with Crippen molar-refractivity contribution in [1.82, 2.24) is 4.90 Å². The molecular formula is C16H23NO3. The van der Waals surface area contributed by atoms with Crippen molar-refractivity contribution in [3.63, 3.8) is 0 Å². The first-order valence-electron chi connectivity index (χ1n) is 7.20. The Balaban J connectivity index is 1.83. The van der Waals surface area contributed by atoms with Gasteiger partial charge in [-0.3, -0.25) is 4.90 Å². The molecule has 0 radical (unpaired) electrons. The van der Waals surface area contributed by atoms with Crippen molar-refractivity contribution in [1.29, 1.82) is 0 Å². The topological polar surface area (TPSA) is 49.8 Å². The number of aliphatic carboxylic acids is 1. The van der Waals surface area contributed by atoms with E-state index < -0.39 is 5.97 Å². The zero-order valence-electron chi connectivity index (χ0n) is 12.2. The second kappa shape index (κ2) is 6.86. The molecule has 20 heavy (non-hydrogen) atoms. The Morgan fingerprint density at radius 2 is 1.95 bits per heavy atom. The summed E-state index contributed by atoms with van der Waals surface area (Å²) in [7, 11) is 0. The SMILES string of the molecule is Cc1ccc(C(C)N2CCC(OCC(=O)O)CC2)cc1. The fraction of sp³-hybridized carbons (Fsp3) is 0.562. The fourth-order valence-corrected chi connectivity index (χ4v) is 2.67. The van der Waals surface area contributed by atoms with E-state index in [1.165, 1.54) is 11.1 Å². The average molecular weight is 277 g/mol. The van der Waals surface area contributed by atoms with Gasteiger partial charge in [-0.25, -0.2) is 4.79 Å². The van der Waals surface area contributed by atoms with Gasteiger partial charge in [0.2, 0.25) is 0 Å². The van der Waals surface area contributed by atoms with E-state index >= 15 is 0 Å². The summed E-state index contributed by atoms with van der Waals surface area (Å²) >= 11 is 0. The maximum Gasteiger partial charge on any atom is 0.329 e. The van der Waals surface area contributed by atoms with E-state index in [1.807, 2.05) is 0 Å². The molecule has 0 amide bonds. The van der Waals surface area contributed by atoms with Crippen LogP contribution < -0.4 is 0 Å². The summed E-state index contributed by atoms with van der Waals surface area (Å²) in [4.78, 5) is 12.9. The molecule has 4 nitrogen and oxygen atoms in total. The molecule has 110 valence electrons. The highest BCUT2D eigenvalue weighted by Gasteiger charge is 2.24. The highest BCUT2D eigenvalue weighted by molar-refractivity contribution is 5.68. The largest absolute Gasteiger partial charge is 0.480 e. The number of ether oxygens (including phenoxy) is 1. The van der Waals surface area contributed by atoms with Crippen LogP contribution in [0, 0.1) is 6.92 Å². The monoisotopic (exact) mass is 277 g/mol. The van der Waals surface area contributed by atoms with Crippen LogP contribution in [0.15, 0.2) is 24.3 Å². The number of piperidine rings is 1. The lowest BCUT2D eigenvalue weighted by Gasteiger charge is -2.36. The van der Waals surface area contributed by atoms with Crippen molar-refractivity contribution >= 4 is 5.97 Å². The van der Waals surface area contributed by atoms with Gasteiger partial charge in [-0.2, -0.15) is 0 Å². The van der Waals surface area contributed by atoms with Gasteiger partial charge >= 0.3 is 5.97 Å². The predicted molar refractivity (Wildman–Crippen MR) is 77.8 cm³/mol. The third kappa shape index (κ3) is 4.05. The van der Waals surface area contributed by atoms with Crippen molar-refractivity contribution < 1.29 is 14.6 Å². The van der Waals surface area contributed by atoms with Crippen LogP contribution in [0.5, 0.6) is 0 Å². The number of carboxylic acids is 1. The highest BCUT2D eigenvalue weighted by Crippen LogP contribution is 2.25. The summed E-state index contributed by atoms with van der Waals surface area (Å²) in [6.45, 7) is 6.06. The molecule has 1 saturated heterocycles. The number of benzene rings is 1. The number of aryl methyl sites for hydroxylation is 1. The molecule has 1 aliphatic rings. The third-order valence-electron chi connectivity index (χ3n) is 4.03. The van der Waals surface area contributed by atoms with E-state index in [0.29, 0.717) is 6.04 Å². The predicted octanol–water partition coefficient (Wildman–Crippen LogP) is 2.62. The van der Waals surface area contributed by atoms with Gasteiger partial charge in [0.05, 0.1) is 6.10 Å². The number of carbonyl (C=O) groups is 1. The zero-order chi connectivity index (χ0) is 14.5. The smallest absolute Gasteiger partial charge is 0.329 e. The number of likely N-dealkylation sites (tertiary alicyclic amines) is 1. The maximum atomic E-state index is 10.5. The molecular weight excluding hydrogens is 254 g/mol. The van der Waals surface area contributed by atoms with Gasteiger partial charge in [0.15, 0.2) is 0 Å². The van der Waals surface area contributed by atoms with Gasteiger partial charge in [-0.1, -0.05) is 29.8 Å². The Hall–Kier alpha value is -1.39. The molecule has 4 heteroatoms. The summed E-state index contributed by atoms with van der Waals surface area (Å²) in [5.74, 6) is -0.888. The van der Waals surface area contributed by atoms with Crippen LogP contribution in [0.1, 0.15) is 36.9 Å². The van der Waals surface area contributed by atoms with Crippen LogP contribution in [0.4, 0.5) is 0 Å². The molecule has 1 N–H and O–H groups in total. The van der Waals surface area contributed by atoms with Gasteiger partial charge in [0.1, 0.15) is 6.61 Å².